The Balaban J connectivity index is 0.00000220. The number of carbonyl (C=O) groups excluding carboxylic acids is 1. The normalized spacial score (nSPS) is 18.5. The monoisotopic (exact) mass is 326 g/mol. The van der Waals surface area contributed by atoms with Crippen LogP contribution in [0.4, 0.5) is 18.9 Å². The lowest BCUT2D eigenvalue weighted by molar-refractivity contribution is -0.274. The molecule has 1 atom stereocenters. The van der Waals surface area contributed by atoms with E-state index in [1.807, 2.05) is 0 Å². The number of rotatable bonds is 3. The molecule has 1 amide bonds. The van der Waals surface area contributed by atoms with Gasteiger partial charge in [0.1, 0.15) is 11.8 Å². The second-order valence-corrected chi connectivity index (χ2v) is 4.15. The Labute approximate surface area is 125 Å². The lowest BCUT2D eigenvalue weighted by atomic mass is 10.2. The van der Waals surface area contributed by atoms with E-state index in [1.54, 1.807) is 0 Å². The van der Waals surface area contributed by atoms with Crippen molar-refractivity contribution in [3.8, 4) is 5.75 Å². The summed E-state index contributed by atoms with van der Waals surface area (Å²) in [5.74, 6) is -0.753. The van der Waals surface area contributed by atoms with E-state index in [0.29, 0.717) is 13.2 Å². The Hall–Kier alpha value is -1.51. The molecule has 0 spiro atoms. The molecule has 1 heterocycles. The minimum absolute atomic E-state index is 0. The molecule has 1 fully saturated rings. The highest BCUT2D eigenvalue weighted by atomic mass is 35.5. The number of alkyl halides is 3. The number of benzene rings is 1. The zero-order valence-corrected chi connectivity index (χ0v) is 11.6. The molecule has 9 heteroatoms. The molecule has 1 unspecified atom stereocenters. The van der Waals surface area contributed by atoms with Crippen molar-refractivity contribution >= 4 is 24.0 Å². The van der Waals surface area contributed by atoms with Crippen molar-refractivity contribution in [2.45, 2.75) is 12.4 Å². The molecular formula is C12H14ClF3N2O3. The van der Waals surface area contributed by atoms with E-state index < -0.39 is 12.4 Å². The van der Waals surface area contributed by atoms with Crippen molar-refractivity contribution in [1.29, 1.82) is 0 Å². The molecule has 2 rings (SSSR count). The van der Waals surface area contributed by atoms with Crippen LogP contribution in [0.5, 0.6) is 5.75 Å². The fourth-order valence-electron chi connectivity index (χ4n) is 1.73. The molecule has 1 aromatic carbocycles. The van der Waals surface area contributed by atoms with Gasteiger partial charge in [0, 0.05) is 18.3 Å². The first-order valence-electron chi connectivity index (χ1n) is 5.92. The standard InChI is InChI=1S/C12H13F3N2O3.ClH/c13-12(14,15)20-9-3-1-2-8(6-9)17-11(18)10-7-19-5-4-16-10;/h1-3,6,10,16H,4-5,7H2,(H,17,18);1H. The van der Waals surface area contributed by atoms with Crippen molar-refractivity contribution in [2.75, 3.05) is 25.1 Å². The van der Waals surface area contributed by atoms with E-state index in [4.69, 9.17) is 4.74 Å². The molecule has 5 nitrogen and oxygen atoms in total. The lowest BCUT2D eigenvalue weighted by Crippen LogP contribution is -2.48. The van der Waals surface area contributed by atoms with Crippen LogP contribution in [-0.2, 0) is 9.53 Å². The van der Waals surface area contributed by atoms with Gasteiger partial charge in [-0.25, -0.2) is 0 Å². The highest BCUT2D eigenvalue weighted by molar-refractivity contribution is 5.95. The van der Waals surface area contributed by atoms with Crippen LogP contribution in [0.15, 0.2) is 24.3 Å². The number of amides is 1. The maximum absolute atomic E-state index is 12.1. The highest BCUT2D eigenvalue weighted by Gasteiger charge is 2.31. The number of ether oxygens (including phenoxy) is 2. The minimum Gasteiger partial charge on any atom is -0.406 e. The summed E-state index contributed by atoms with van der Waals surface area (Å²) in [6.45, 7) is 1.30. The molecule has 0 aliphatic carbocycles. The first-order chi connectivity index (χ1) is 9.44. The highest BCUT2D eigenvalue weighted by Crippen LogP contribution is 2.25. The van der Waals surface area contributed by atoms with Gasteiger partial charge in [-0.3, -0.25) is 4.79 Å². The van der Waals surface area contributed by atoms with Crippen LogP contribution >= 0.6 is 12.4 Å². The van der Waals surface area contributed by atoms with Gasteiger partial charge in [0.25, 0.3) is 0 Å². The summed E-state index contributed by atoms with van der Waals surface area (Å²) in [5.41, 5.74) is 0.226. The van der Waals surface area contributed by atoms with Crippen molar-refractivity contribution in [3.63, 3.8) is 0 Å². The number of hydrogen-bond donors (Lipinski definition) is 2. The lowest BCUT2D eigenvalue weighted by Gasteiger charge is -2.23. The van der Waals surface area contributed by atoms with Crippen LogP contribution in [0.2, 0.25) is 0 Å². The van der Waals surface area contributed by atoms with Gasteiger partial charge in [0.15, 0.2) is 0 Å². The Morgan fingerprint density at radius 2 is 2.19 bits per heavy atom. The predicted molar refractivity (Wildman–Crippen MR) is 71.6 cm³/mol. The smallest absolute Gasteiger partial charge is 0.406 e. The first-order valence-corrected chi connectivity index (χ1v) is 5.92. The molecule has 1 aliphatic rings. The van der Waals surface area contributed by atoms with Gasteiger partial charge in [0.2, 0.25) is 5.91 Å². The summed E-state index contributed by atoms with van der Waals surface area (Å²) >= 11 is 0. The first kappa shape index (κ1) is 17.5. The number of nitrogens with one attached hydrogen (secondary N) is 2. The third-order valence-electron chi connectivity index (χ3n) is 2.57. The molecule has 1 aliphatic heterocycles. The molecular weight excluding hydrogens is 313 g/mol. The van der Waals surface area contributed by atoms with E-state index >= 15 is 0 Å². The number of hydrogen-bond acceptors (Lipinski definition) is 4. The quantitative estimate of drug-likeness (QED) is 0.891. The Morgan fingerprint density at radius 3 is 2.81 bits per heavy atom. The fraction of sp³-hybridized carbons (Fsp3) is 0.417. The Kier molecular flexibility index (Phi) is 6.25. The second-order valence-electron chi connectivity index (χ2n) is 4.15. The average molecular weight is 327 g/mol. The van der Waals surface area contributed by atoms with E-state index in [-0.39, 0.29) is 36.4 Å². The molecule has 2 N–H and O–H groups in total. The van der Waals surface area contributed by atoms with Crippen molar-refractivity contribution in [3.05, 3.63) is 24.3 Å². The van der Waals surface area contributed by atoms with Crippen LogP contribution in [-0.4, -0.2) is 38.1 Å². The van der Waals surface area contributed by atoms with Crippen LogP contribution in [0.25, 0.3) is 0 Å². The minimum atomic E-state index is -4.76. The number of halogens is 4. The molecule has 0 saturated carbocycles. The van der Waals surface area contributed by atoms with E-state index in [2.05, 4.69) is 15.4 Å². The number of anilines is 1. The van der Waals surface area contributed by atoms with Gasteiger partial charge < -0.3 is 20.1 Å². The average Bonchev–Trinajstić information content (AvgIpc) is 2.38. The summed E-state index contributed by atoms with van der Waals surface area (Å²) in [6.07, 6.45) is -4.76. The molecule has 0 aromatic heterocycles. The van der Waals surface area contributed by atoms with Crippen LogP contribution in [0.1, 0.15) is 0 Å². The van der Waals surface area contributed by atoms with Gasteiger partial charge in [-0.15, -0.1) is 25.6 Å². The molecule has 21 heavy (non-hydrogen) atoms. The van der Waals surface area contributed by atoms with Gasteiger partial charge in [-0.2, -0.15) is 0 Å². The molecule has 1 aromatic rings. The molecule has 118 valence electrons. The summed E-state index contributed by atoms with van der Waals surface area (Å²) in [5, 5.41) is 5.45. The van der Waals surface area contributed by atoms with Crippen molar-refractivity contribution in [1.82, 2.24) is 5.32 Å². The Bertz CT molecular complexity index is 479. The fourth-order valence-corrected chi connectivity index (χ4v) is 1.73. The topological polar surface area (TPSA) is 59.6 Å². The van der Waals surface area contributed by atoms with Crippen LogP contribution in [0, 0.1) is 0 Å². The summed E-state index contributed by atoms with van der Waals surface area (Å²) in [6, 6.07) is 4.59. The zero-order valence-electron chi connectivity index (χ0n) is 10.8. The summed E-state index contributed by atoms with van der Waals surface area (Å²) in [7, 11) is 0. The zero-order chi connectivity index (χ0) is 14.6. The Morgan fingerprint density at radius 1 is 1.43 bits per heavy atom. The third kappa shape index (κ3) is 5.78. The molecule has 0 radical (unpaired) electrons. The molecule has 1 saturated heterocycles. The summed E-state index contributed by atoms with van der Waals surface area (Å²) < 4.78 is 45.2. The molecule has 0 bridgehead atoms. The maximum Gasteiger partial charge on any atom is 0.573 e. The summed E-state index contributed by atoms with van der Waals surface area (Å²) in [4.78, 5) is 11.8. The largest absolute Gasteiger partial charge is 0.573 e. The van der Waals surface area contributed by atoms with E-state index in [1.165, 1.54) is 12.1 Å². The maximum atomic E-state index is 12.1. The second kappa shape index (κ2) is 7.48. The SMILES string of the molecule is Cl.O=C(Nc1cccc(OC(F)(F)F)c1)C1COCCN1. The van der Waals surface area contributed by atoms with Gasteiger partial charge in [-0.05, 0) is 12.1 Å². The van der Waals surface area contributed by atoms with Gasteiger partial charge in [-0.1, -0.05) is 6.07 Å². The number of morpholine rings is 1. The van der Waals surface area contributed by atoms with E-state index in [0.717, 1.165) is 12.1 Å². The van der Waals surface area contributed by atoms with Crippen molar-refractivity contribution in [2.24, 2.45) is 0 Å². The van der Waals surface area contributed by atoms with Crippen LogP contribution in [0.3, 0.4) is 0 Å². The predicted octanol–water partition coefficient (Wildman–Crippen LogP) is 1.93. The van der Waals surface area contributed by atoms with Gasteiger partial charge >= 0.3 is 6.36 Å². The van der Waals surface area contributed by atoms with Crippen LogP contribution < -0.4 is 15.4 Å². The van der Waals surface area contributed by atoms with E-state index in [9.17, 15) is 18.0 Å². The third-order valence-corrected chi connectivity index (χ3v) is 2.57. The van der Waals surface area contributed by atoms with Gasteiger partial charge in [0.05, 0.1) is 13.2 Å². The number of carbonyl (C=O) groups is 1. The van der Waals surface area contributed by atoms with Crippen molar-refractivity contribution < 1.29 is 27.4 Å².